The smallest absolute Gasteiger partial charge is 0.223 e. The van der Waals surface area contributed by atoms with Gasteiger partial charge in [0.05, 0.1) is 10.3 Å². The fourth-order valence-electron chi connectivity index (χ4n) is 2.43. The van der Waals surface area contributed by atoms with Crippen molar-refractivity contribution in [2.45, 2.75) is 25.9 Å². The maximum Gasteiger partial charge on any atom is 0.223 e. The third-order valence-corrected chi connectivity index (χ3v) is 5.35. The van der Waals surface area contributed by atoms with Crippen LogP contribution in [0.5, 0.6) is 0 Å². The Morgan fingerprint density at radius 3 is 3.05 bits per heavy atom. The molecule has 3 heterocycles. The van der Waals surface area contributed by atoms with E-state index in [0.717, 1.165) is 29.8 Å². The summed E-state index contributed by atoms with van der Waals surface area (Å²) in [4.78, 5) is 14.2. The van der Waals surface area contributed by atoms with Crippen molar-refractivity contribution in [3.05, 3.63) is 44.8 Å². The van der Waals surface area contributed by atoms with E-state index in [0.29, 0.717) is 6.42 Å². The largest absolute Gasteiger partial charge is 0.348 e. The predicted molar refractivity (Wildman–Crippen MR) is 80.2 cm³/mol. The van der Waals surface area contributed by atoms with Gasteiger partial charge in [0.15, 0.2) is 0 Å². The van der Waals surface area contributed by atoms with Crippen molar-refractivity contribution in [3.63, 3.8) is 0 Å². The number of carbonyl (C=O) groups excluding carboxylic acids is 1. The molecule has 1 aliphatic heterocycles. The van der Waals surface area contributed by atoms with Gasteiger partial charge in [0.1, 0.15) is 0 Å². The highest BCUT2D eigenvalue weighted by molar-refractivity contribution is 9.11. The fourth-order valence-corrected chi connectivity index (χ4v) is 3.75. The summed E-state index contributed by atoms with van der Waals surface area (Å²) in [5.41, 5.74) is 2.47. The maximum atomic E-state index is 12.2. The summed E-state index contributed by atoms with van der Waals surface area (Å²) in [5, 5.41) is 2.05. The van der Waals surface area contributed by atoms with Crippen LogP contribution in [0.2, 0.25) is 0 Å². The second-order valence-corrected chi connectivity index (χ2v) is 6.96. The number of rotatable bonds is 3. The Balaban J connectivity index is 1.58. The summed E-state index contributed by atoms with van der Waals surface area (Å²) < 4.78 is 3.37. The molecule has 0 aliphatic carbocycles. The van der Waals surface area contributed by atoms with Crippen molar-refractivity contribution in [2.24, 2.45) is 0 Å². The minimum atomic E-state index is 0.255. The second kappa shape index (κ2) is 5.51. The molecule has 0 spiro atoms. The summed E-state index contributed by atoms with van der Waals surface area (Å²) in [5.74, 6) is 0.255. The first-order valence-corrected chi connectivity index (χ1v) is 8.05. The van der Waals surface area contributed by atoms with Gasteiger partial charge in [0.25, 0.3) is 0 Å². The lowest BCUT2D eigenvalue weighted by molar-refractivity contribution is -0.132. The topological polar surface area (TPSA) is 25.2 Å². The molecule has 1 amide bonds. The first-order chi connectivity index (χ1) is 9.24. The van der Waals surface area contributed by atoms with Gasteiger partial charge in [-0.05, 0) is 51.5 Å². The van der Waals surface area contributed by atoms with Gasteiger partial charge in [0, 0.05) is 31.4 Å². The van der Waals surface area contributed by atoms with Crippen LogP contribution in [0.25, 0.3) is 0 Å². The summed E-state index contributed by atoms with van der Waals surface area (Å²) in [6.45, 7) is 2.48. The normalized spacial score (nSPS) is 14.5. The van der Waals surface area contributed by atoms with Gasteiger partial charge >= 0.3 is 0 Å². The molecular formula is C14H15BrN2OS. The van der Waals surface area contributed by atoms with Crippen LogP contribution in [0.3, 0.4) is 0 Å². The number of amides is 1. The molecule has 0 atom stereocenters. The number of aromatic nitrogens is 1. The lowest BCUT2D eigenvalue weighted by Gasteiger charge is -2.28. The lowest BCUT2D eigenvalue weighted by Crippen LogP contribution is -2.37. The number of hydrogen-bond acceptors (Lipinski definition) is 2. The number of nitrogens with zero attached hydrogens (tertiary/aromatic N) is 2. The highest BCUT2D eigenvalue weighted by Crippen LogP contribution is 2.25. The SMILES string of the molecule is O=C(CCc1ccsc1Br)N1CCn2cccc2C1. The van der Waals surface area contributed by atoms with Crippen LogP contribution < -0.4 is 0 Å². The number of carbonyl (C=O) groups is 1. The van der Waals surface area contributed by atoms with Gasteiger partial charge in [-0.1, -0.05) is 0 Å². The van der Waals surface area contributed by atoms with Crippen molar-refractivity contribution < 1.29 is 4.79 Å². The van der Waals surface area contributed by atoms with Crippen LogP contribution in [-0.2, 0) is 24.3 Å². The van der Waals surface area contributed by atoms with E-state index in [1.54, 1.807) is 11.3 Å². The number of thiophene rings is 1. The molecule has 0 bridgehead atoms. The molecule has 0 N–H and O–H groups in total. The quantitative estimate of drug-likeness (QED) is 0.842. The van der Waals surface area contributed by atoms with Crippen LogP contribution in [0.4, 0.5) is 0 Å². The van der Waals surface area contributed by atoms with Gasteiger partial charge in [-0.15, -0.1) is 11.3 Å². The van der Waals surface area contributed by atoms with Crippen molar-refractivity contribution in [1.29, 1.82) is 0 Å². The van der Waals surface area contributed by atoms with E-state index < -0.39 is 0 Å². The average molecular weight is 339 g/mol. The van der Waals surface area contributed by atoms with Crippen molar-refractivity contribution in [2.75, 3.05) is 6.54 Å². The van der Waals surface area contributed by atoms with E-state index in [9.17, 15) is 4.79 Å². The minimum Gasteiger partial charge on any atom is -0.348 e. The van der Waals surface area contributed by atoms with E-state index in [1.165, 1.54) is 11.3 Å². The third-order valence-electron chi connectivity index (χ3n) is 3.54. The zero-order valence-corrected chi connectivity index (χ0v) is 12.9. The molecule has 0 aromatic carbocycles. The van der Waals surface area contributed by atoms with Gasteiger partial charge in [-0.3, -0.25) is 4.79 Å². The second-order valence-electron chi connectivity index (χ2n) is 4.73. The van der Waals surface area contributed by atoms with E-state index in [4.69, 9.17) is 0 Å². The van der Waals surface area contributed by atoms with Crippen molar-refractivity contribution in [3.8, 4) is 0 Å². The molecule has 19 heavy (non-hydrogen) atoms. The van der Waals surface area contributed by atoms with Gasteiger partial charge in [-0.2, -0.15) is 0 Å². The summed E-state index contributed by atoms with van der Waals surface area (Å²) >= 11 is 5.19. The lowest BCUT2D eigenvalue weighted by atomic mass is 10.1. The highest BCUT2D eigenvalue weighted by atomic mass is 79.9. The first kappa shape index (κ1) is 12.9. The molecule has 0 unspecified atom stereocenters. The summed E-state index contributed by atoms with van der Waals surface area (Å²) in [6.07, 6.45) is 3.50. The zero-order chi connectivity index (χ0) is 13.2. The Hall–Kier alpha value is -1.07. The molecular weight excluding hydrogens is 324 g/mol. The van der Waals surface area contributed by atoms with Gasteiger partial charge < -0.3 is 9.47 Å². The average Bonchev–Trinajstić information content (AvgIpc) is 3.03. The van der Waals surface area contributed by atoms with Crippen molar-refractivity contribution in [1.82, 2.24) is 9.47 Å². The molecule has 0 radical (unpaired) electrons. The maximum absolute atomic E-state index is 12.2. The van der Waals surface area contributed by atoms with E-state index in [-0.39, 0.29) is 5.91 Å². The van der Waals surface area contributed by atoms with Crippen LogP contribution >= 0.6 is 27.3 Å². The molecule has 3 rings (SSSR count). The number of halogens is 1. The van der Waals surface area contributed by atoms with Crippen LogP contribution in [-0.4, -0.2) is 21.9 Å². The molecule has 1 aliphatic rings. The fraction of sp³-hybridized carbons (Fsp3) is 0.357. The zero-order valence-electron chi connectivity index (χ0n) is 10.5. The van der Waals surface area contributed by atoms with Gasteiger partial charge in [-0.25, -0.2) is 0 Å². The molecule has 0 fully saturated rings. The minimum absolute atomic E-state index is 0.255. The van der Waals surface area contributed by atoms with Crippen LogP contribution in [0.1, 0.15) is 17.7 Å². The Kier molecular flexibility index (Phi) is 3.75. The Morgan fingerprint density at radius 1 is 1.37 bits per heavy atom. The highest BCUT2D eigenvalue weighted by Gasteiger charge is 2.19. The summed E-state index contributed by atoms with van der Waals surface area (Å²) in [7, 11) is 0. The van der Waals surface area contributed by atoms with Gasteiger partial charge in [0.2, 0.25) is 5.91 Å². The van der Waals surface area contributed by atoms with E-state index in [2.05, 4.69) is 44.2 Å². The number of fused-ring (bicyclic) bond motifs is 1. The summed E-state index contributed by atoms with van der Waals surface area (Å²) in [6, 6.07) is 6.23. The van der Waals surface area contributed by atoms with E-state index >= 15 is 0 Å². The molecule has 0 saturated heterocycles. The number of aryl methyl sites for hydroxylation is 1. The third kappa shape index (κ3) is 2.77. The standard InChI is InChI=1S/C14H15BrN2OS/c15-14-11(5-9-19-14)3-4-13(18)17-8-7-16-6-1-2-12(16)10-17/h1-2,5-6,9H,3-4,7-8,10H2. The molecule has 2 aromatic heterocycles. The predicted octanol–water partition coefficient (Wildman–Crippen LogP) is 3.29. The number of hydrogen-bond donors (Lipinski definition) is 0. The molecule has 3 nitrogen and oxygen atoms in total. The molecule has 0 saturated carbocycles. The molecule has 2 aromatic rings. The molecule has 5 heteroatoms. The first-order valence-electron chi connectivity index (χ1n) is 6.38. The van der Waals surface area contributed by atoms with Crippen LogP contribution in [0.15, 0.2) is 33.6 Å². The monoisotopic (exact) mass is 338 g/mol. The Labute approximate surface area is 125 Å². The molecule has 100 valence electrons. The van der Waals surface area contributed by atoms with E-state index in [1.807, 2.05) is 11.0 Å². The Bertz CT molecular complexity index is 590. The Morgan fingerprint density at radius 2 is 2.26 bits per heavy atom. The van der Waals surface area contributed by atoms with Crippen LogP contribution in [0, 0.1) is 0 Å². The van der Waals surface area contributed by atoms with Crippen molar-refractivity contribution >= 4 is 33.2 Å².